The molecule has 0 spiro atoms. The van der Waals surface area contributed by atoms with E-state index in [9.17, 15) is 18.4 Å². The fraction of sp³-hybridized carbons (Fsp3) is 0.120. The topological polar surface area (TPSA) is 46.6 Å². The van der Waals surface area contributed by atoms with Crippen molar-refractivity contribution in [2.45, 2.75) is 12.7 Å². The van der Waals surface area contributed by atoms with Crippen molar-refractivity contribution in [3.8, 4) is 5.75 Å². The molecule has 1 aliphatic heterocycles. The summed E-state index contributed by atoms with van der Waals surface area (Å²) in [4.78, 5) is 27.8. The van der Waals surface area contributed by atoms with Gasteiger partial charge in [-0.2, -0.15) is 0 Å². The molecule has 0 aromatic heterocycles. The van der Waals surface area contributed by atoms with Crippen molar-refractivity contribution in [3.63, 3.8) is 0 Å². The lowest BCUT2D eigenvalue weighted by molar-refractivity contribution is -0.119. The van der Waals surface area contributed by atoms with Crippen LogP contribution in [-0.4, -0.2) is 18.4 Å². The number of carbonyl (C=O) groups excluding carboxylic acids is 2. The predicted octanol–water partition coefficient (Wildman–Crippen LogP) is 5.58. The van der Waals surface area contributed by atoms with Crippen molar-refractivity contribution < 1.29 is 23.1 Å². The van der Waals surface area contributed by atoms with Gasteiger partial charge in [0.15, 0.2) is 11.6 Å². The van der Waals surface area contributed by atoms with Gasteiger partial charge in [-0.3, -0.25) is 9.59 Å². The van der Waals surface area contributed by atoms with Gasteiger partial charge < -0.3 is 4.74 Å². The Morgan fingerprint density at radius 2 is 1.59 bits per heavy atom. The average Bonchev–Trinajstić information content (AvgIpc) is 3.05. The Labute approximate surface area is 188 Å². The van der Waals surface area contributed by atoms with Crippen LogP contribution in [0.15, 0.2) is 77.7 Å². The first-order valence-electron chi connectivity index (χ1n) is 9.97. The monoisotopic (exact) mass is 451 g/mol. The summed E-state index contributed by atoms with van der Waals surface area (Å²) in [5.74, 6) is -2.21. The van der Waals surface area contributed by atoms with Gasteiger partial charge in [0.2, 0.25) is 0 Å². The molecule has 4 nitrogen and oxygen atoms in total. The molecule has 3 aromatic carbocycles. The van der Waals surface area contributed by atoms with Crippen LogP contribution in [0.3, 0.4) is 0 Å². The van der Waals surface area contributed by atoms with Crippen LogP contribution in [0.1, 0.15) is 18.1 Å². The Morgan fingerprint density at radius 3 is 2.25 bits per heavy atom. The molecule has 0 radical (unpaired) electrons. The van der Waals surface area contributed by atoms with E-state index in [1.807, 2.05) is 37.3 Å². The molecule has 7 heteroatoms. The van der Waals surface area contributed by atoms with E-state index in [-0.39, 0.29) is 16.2 Å². The average molecular weight is 451 g/mol. The minimum absolute atomic E-state index is 0.0161. The lowest BCUT2D eigenvalue weighted by Crippen LogP contribution is -2.31. The van der Waals surface area contributed by atoms with Gasteiger partial charge in [-0.05, 0) is 42.3 Å². The van der Waals surface area contributed by atoms with Crippen LogP contribution < -0.4 is 9.64 Å². The molecular formula is C25H19F2NO3S. The molecular weight excluding hydrogens is 432 g/mol. The summed E-state index contributed by atoms with van der Waals surface area (Å²) < 4.78 is 32.7. The second-order valence-corrected chi connectivity index (χ2v) is 7.97. The van der Waals surface area contributed by atoms with E-state index in [1.54, 1.807) is 24.3 Å². The van der Waals surface area contributed by atoms with Crippen LogP contribution in [0.2, 0.25) is 0 Å². The molecule has 0 saturated heterocycles. The van der Waals surface area contributed by atoms with Gasteiger partial charge in [-0.15, -0.1) is 11.8 Å². The number of halogens is 2. The lowest BCUT2D eigenvalue weighted by Gasteiger charge is -2.15. The van der Waals surface area contributed by atoms with E-state index in [4.69, 9.17) is 4.74 Å². The maximum atomic E-state index is 13.8. The van der Waals surface area contributed by atoms with Crippen LogP contribution in [0.5, 0.6) is 5.75 Å². The standard InChI is InChI=1S/C25H19F2NO3S/c1-2-31-19-11-8-17(9-12-19)22-23(32-15-16-6-4-3-5-7-16)25(30)28(24(22)29)18-10-13-20(26)21(27)14-18/h3-14H,2,15H2,1H3. The van der Waals surface area contributed by atoms with Gasteiger partial charge in [0.25, 0.3) is 11.8 Å². The predicted molar refractivity (Wildman–Crippen MR) is 121 cm³/mol. The number of amides is 2. The van der Waals surface area contributed by atoms with E-state index in [1.165, 1.54) is 17.8 Å². The summed E-state index contributed by atoms with van der Waals surface area (Å²) in [7, 11) is 0. The van der Waals surface area contributed by atoms with Crippen molar-refractivity contribution in [3.05, 3.63) is 100 Å². The summed E-state index contributed by atoms with van der Waals surface area (Å²) >= 11 is 1.24. The van der Waals surface area contributed by atoms with Gasteiger partial charge in [0, 0.05) is 11.8 Å². The fourth-order valence-corrected chi connectivity index (χ4v) is 4.44. The molecule has 1 heterocycles. The van der Waals surface area contributed by atoms with Crippen LogP contribution in [0, 0.1) is 11.6 Å². The number of hydrogen-bond donors (Lipinski definition) is 0. The van der Waals surface area contributed by atoms with Crippen molar-refractivity contribution in [1.82, 2.24) is 0 Å². The Hall–Kier alpha value is -3.45. The van der Waals surface area contributed by atoms with Crippen LogP contribution in [0.4, 0.5) is 14.5 Å². The summed E-state index contributed by atoms with van der Waals surface area (Å²) in [5.41, 5.74) is 1.75. The Kier molecular flexibility index (Phi) is 6.37. The van der Waals surface area contributed by atoms with E-state index in [0.717, 1.165) is 22.6 Å². The number of anilines is 1. The Balaban J connectivity index is 1.73. The summed E-state index contributed by atoms with van der Waals surface area (Å²) in [5, 5.41) is 0. The maximum absolute atomic E-state index is 13.8. The van der Waals surface area contributed by atoms with Gasteiger partial charge in [-0.1, -0.05) is 42.5 Å². The highest BCUT2D eigenvalue weighted by Gasteiger charge is 2.40. The zero-order chi connectivity index (χ0) is 22.7. The smallest absolute Gasteiger partial charge is 0.272 e. The number of benzene rings is 3. The minimum atomic E-state index is -1.13. The minimum Gasteiger partial charge on any atom is -0.494 e. The van der Waals surface area contributed by atoms with Gasteiger partial charge in [0.1, 0.15) is 5.75 Å². The number of imide groups is 1. The van der Waals surface area contributed by atoms with E-state index < -0.39 is 23.4 Å². The number of ether oxygens (including phenoxy) is 1. The molecule has 0 fully saturated rings. The first-order valence-corrected chi connectivity index (χ1v) is 11.0. The molecule has 3 aromatic rings. The third kappa shape index (κ3) is 4.29. The number of hydrogen-bond acceptors (Lipinski definition) is 4. The molecule has 162 valence electrons. The first kappa shape index (κ1) is 21.8. The van der Waals surface area contributed by atoms with E-state index in [2.05, 4.69) is 0 Å². The largest absolute Gasteiger partial charge is 0.494 e. The normalized spacial score (nSPS) is 13.8. The SMILES string of the molecule is CCOc1ccc(C2=C(SCc3ccccc3)C(=O)N(c3ccc(F)c(F)c3)C2=O)cc1. The van der Waals surface area contributed by atoms with Gasteiger partial charge >= 0.3 is 0 Å². The maximum Gasteiger partial charge on any atom is 0.272 e. The Bertz CT molecular complexity index is 1190. The highest BCUT2D eigenvalue weighted by atomic mass is 32.2. The number of carbonyl (C=O) groups is 2. The highest BCUT2D eigenvalue weighted by Crippen LogP contribution is 2.40. The second kappa shape index (κ2) is 9.36. The van der Waals surface area contributed by atoms with Crippen molar-refractivity contribution >= 4 is 34.8 Å². The van der Waals surface area contributed by atoms with Crippen molar-refractivity contribution in [2.24, 2.45) is 0 Å². The van der Waals surface area contributed by atoms with E-state index >= 15 is 0 Å². The summed E-state index contributed by atoms with van der Waals surface area (Å²) in [6, 6.07) is 19.4. The first-order chi connectivity index (χ1) is 15.5. The number of rotatable bonds is 7. The van der Waals surface area contributed by atoms with Gasteiger partial charge in [0.05, 0.1) is 22.8 Å². The molecule has 32 heavy (non-hydrogen) atoms. The van der Waals surface area contributed by atoms with Crippen LogP contribution >= 0.6 is 11.8 Å². The van der Waals surface area contributed by atoms with Crippen LogP contribution in [-0.2, 0) is 15.3 Å². The quantitative estimate of drug-likeness (QED) is 0.440. The lowest BCUT2D eigenvalue weighted by atomic mass is 10.1. The molecule has 0 N–H and O–H groups in total. The summed E-state index contributed by atoms with van der Waals surface area (Å²) in [6.45, 7) is 2.37. The number of nitrogens with zero attached hydrogens (tertiary/aromatic N) is 1. The molecule has 4 rings (SSSR count). The van der Waals surface area contributed by atoms with E-state index in [0.29, 0.717) is 23.7 Å². The summed E-state index contributed by atoms with van der Waals surface area (Å²) in [6.07, 6.45) is 0. The zero-order valence-electron chi connectivity index (χ0n) is 17.2. The Morgan fingerprint density at radius 1 is 0.875 bits per heavy atom. The van der Waals surface area contributed by atoms with Crippen LogP contribution in [0.25, 0.3) is 5.57 Å². The second-order valence-electron chi connectivity index (χ2n) is 6.98. The van der Waals surface area contributed by atoms with Crippen molar-refractivity contribution in [2.75, 3.05) is 11.5 Å². The highest BCUT2D eigenvalue weighted by molar-refractivity contribution is 8.03. The third-order valence-electron chi connectivity index (χ3n) is 4.88. The number of thioether (sulfide) groups is 1. The molecule has 0 saturated carbocycles. The fourth-order valence-electron chi connectivity index (χ4n) is 3.37. The zero-order valence-corrected chi connectivity index (χ0v) is 18.0. The molecule has 0 atom stereocenters. The molecule has 0 unspecified atom stereocenters. The van der Waals surface area contributed by atoms with Crippen molar-refractivity contribution in [1.29, 1.82) is 0 Å². The molecule has 2 amide bonds. The molecule has 1 aliphatic rings. The molecule has 0 bridgehead atoms. The third-order valence-corrected chi connectivity index (χ3v) is 6.03. The molecule has 0 aliphatic carbocycles. The van der Waals surface area contributed by atoms with Gasteiger partial charge in [-0.25, -0.2) is 13.7 Å².